The minimum absolute atomic E-state index is 0.000922. The van der Waals surface area contributed by atoms with Gasteiger partial charge in [-0.05, 0) is 31.5 Å². The Balaban J connectivity index is 1.46. The van der Waals surface area contributed by atoms with Crippen molar-refractivity contribution >= 4 is 26.5 Å². The number of thiazole rings is 1. The lowest BCUT2D eigenvalue weighted by atomic mass is 10.1. The summed E-state index contributed by atoms with van der Waals surface area (Å²) in [4.78, 5) is 10.4. The summed E-state index contributed by atoms with van der Waals surface area (Å²) in [6.45, 7) is 6.14. The van der Waals surface area contributed by atoms with Crippen LogP contribution in [-0.4, -0.2) is 58.3 Å². The van der Waals surface area contributed by atoms with Crippen molar-refractivity contribution in [3.8, 4) is 0 Å². The second-order valence-corrected chi connectivity index (χ2v) is 10.8. The van der Waals surface area contributed by atoms with Crippen LogP contribution in [0, 0.1) is 5.82 Å². The van der Waals surface area contributed by atoms with Gasteiger partial charge in [0.15, 0.2) is 9.34 Å². The predicted molar refractivity (Wildman–Crippen MR) is 118 cm³/mol. The van der Waals surface area contributed by atoms with Crippen molar-refractivity contribution in [3.05, 3.63) is 60.1 Å². The lowest BCUT2D eigenvalue weighted by Crippen LogP contribution is -2.49. The summed E-state index contributed by atoms with van der Waals surface area (Å²) in [5.41, 5.74) is 7.62. The minimum atomic E-state index is -3.57. The first kappa shape index (κ1) is 21.9. The zero-order chi connectivity index (χ0) is 22.2. The number of imidazole rings is 1. The Morgan fingerprint density at radius 1 is 1.06 bits per heavy atom. The van der Waals surface area contributed by atoms with Crippen LogP contribution in [0.15, 0.2) is 47.2 Å². The molecule has 3 heterocycles. The molecule has 31 heavy (non-hydrogen) atoms. The number of hydrogen-bond acceptors (Lipinski definition) is 7. The molecule has 1 saturated heterocycles. The Morgan fingerprint density at radius 2 is 1.74 bits per heavy atom. The highest BCUT2D eigenvalue weighted by atomic mass is 32.2. The fraction of sp³-hybridized carbons (Fsp3) is 0.400. The van der Waals surface area contributed by atoms with Crippen LogP contribution in [0.2, 0.25) is 0 Å². The first-order valence-corrected chi connectivity index (χ1v) is 12.3. The zero-order valence-corrected chi connectivity index (χ0v) is 19.0. The lowest BCUT2D eigenvalue weighted by Gasteiger charge is -2.37. The summed E-state index contributed by atoms with van der Waals surface area (Å²) in [6, 6.07) is 6.53. The third-order valence-electron chi connectivity index (χ3n) is 5.81. The standard InChI is InChI=1S/C20H25FN6O2S2/c1-14(16-3-5-17(21)6-4-16)27-13-23-11-18(27)15(2)25-7-9-26(10-8-25)31(28,29)19-12-24-20(22)30-19/h3-6,11-15H,7-10H2,1-2H3,(H2,22,24). The van der Waals surface area contributed by atoms with Gasteiger partial charge in [0.25, 0.3) is 10.0 Å². The SMILES string of the molecule is CC(c1cncn1C(C)c1ccc(F)cc1)N1CCN(S(=O)(=O)c2cnc(N)s2)CC1. The number of hydrogen-bond donors (Lipinski definition) is 1. The molecule has 1 aromatic carbocycles. The highest BCUT2D eigenvalue weighted by Crippen LogP contribution is 2.29. The van der Waals surface area contributed by atoms with E-state index in [0.717, 1.165) is 22.6 Å². The predicted octanol–water partition coefficient (Wildman–Crippen LogP) is 2.74. The third kappa shape index (κ3) is 4.36. The Morgan fingerprint density at radius 3 is 2.35 bits per heavy atom. The van der Waals surface area contributed by atoms with Gasteiger partial charge < -0.3 is 10.3 Å². The molecular weight excluding hydrogens is 439 g/mol. The maximum absolute atomic E-state index is 13.3. The molecule has 1 aliphatic rings. The summed E-state index contributed by atoms with van der Waals surface area (Å²) in [5, 5.41) is 0.245. The molecule has 3 aromatic rings. The summed E-state index contributed by atoms with van der Waals surface area (Å²) >= 11 is 0.986. The van der Waals surface area contributed by atoms with Crippen LogP contribution < -0.4 is 5.73 Å². The van der Waals surface area contributed by atoms with E-state index in [2.05, 4.69) is 33.3 Å². The van der Waals surface area contributed by atoms with Gasteiger partial charge in [-0.15, -0.1) is 0 Å². The molecule has 2 atom stereocenters. The molecule has 0 aliphatic carbocycles. The molecule has 1 aliphatic heterocycles. The first-order chi connectivity index (χ1) is 14.8. The summed E-state index contributed by atoms with van der Waals surface area (Å²) in [7, 11) is -3.57. The average Bonchev–Trinajstić information content (AvgIpc) is 3.43. The summed E-state index contributed by atoms with van der Waals surface area (Å²) < 4.78 is 42.7. The molecule has 1 fully saturated rings. The number of piperazine rings is 1. The molecule has 4 rings (SSSR count). The Bertz CT molecular complexity index is 1140. The van der Waals surface area contributed by atoms with E-state index in [-0.39, 0.29) is 27.2 Å². The fourth-order valence-corrected chi connectivity index (χ4v) is 6.40. The fourth-order valence-electron chi connectivity index (χ4n) is 3.90. The topological polar surface area (TPSA) is 97.4 Å². The molecule has 2 unspecified atom stereocenters. The van der Waals surface area contributed by atoms with Crippen LogP contribution in [0.25, 0.3) is 0 Å². The number of halogens is 1. The van der Waals surface area contributed by atoms with Gasteiger partial charge in [0, 0.05) is 38.4 Å². The molecule has 8 nitrogen and oxygen atoms in total. The quantitative estimate of drug-likeness (QED) is 0.603. The van der Waals surface area contributed by atoms with E-state index in [4.69, 9.17) is 5.73 Å². The molecular formula is C20H25FN6O2S2. The number of sulfonamides is 1. The summed E-state index contributed by atoms with van der Waals surface area (Å²) in [6.07, 6.45) is 4.95. The molecule has 0 amide bonds. The highest BCUT2D eigenvalue weighted by molar-refractivity contribution is 7.91. The number of benzene rings is 1. The van der Waals surface area contributed by atoms with E-state index in [1.165, 1.54) is 22.6 Å². The average molecular weight is 465 g/mol. The number of rotatable bonds is 6. The second kappa shape index (κ2) is 8.65. The van der Waals surface area contributed by atoms with E-state index in [1.54, 1.807) is 18.5 Å². The second-order valence-electron chi connectivity index (χ2n) is 7.59. The van der Waals surface area contributed by atoms with Crippen LogP contribution in [-0.2, 0) is 10.0 Å². The number of nitrogens with two attached hydrogens (primary N) is 1. The normalized spacial score (nSPS) is 18.2. The number of aromatic nitrogens is 3. The third-order valence-corrected chi connectivity index (χ3v) is 8.97. The van der Waals surface area contributed by atoms with Crippen LogP contribution in [0.3, 0.4) is 0 Å². The van der Waals surface area contributed by atoms with Crippen LogP contribution in [0.5, 0.6) is 0 Å². The van der Waals surface area contributed by atoms with Gasteiger partial charge in [-0.2, -0.15) is 4.31 Å². The van der Waals surface area contributed by atoms with Crippen molar-refractivity contribution in [2.24, 2.45) is 0 Å². The molecule has 2 N–H and O–H groups in total. The van der Waals surface area contributed by atoms with E-state index < -0.39 is 10.0 Å². The summed E-state index contributed by atoms with van der Waals surface area (Å²) in [5.74, 6) is -0.260. The number of nitrogens with zero attached hydrogens (tertiary/aromatic N) is 5. The van der Waals surface area contributed by atoms with E-state index in [0.29, 0.717) is 26.2 Å². The molecule has 2 aromatic heterocycles. The molecule has 0 spiro atoms. The first-order valence-electron chi connectivity index (χ1n) is 10.00. The van der Waals surface area contributed by atoms with Gasteiger partial charge in [0.1, 0.15) is 5.82 Å². The Labute approximate surface area is 185 Å². The maximum atomic E-state index is 13.3. The zero-order valence-electron chi connectivity index (χ0n) is 17.3. The van der Waals surface area contributed by atoms with Crippen LogP contribution in [0.1, 0.15) is 37.2 Å². The van der Waals surface area contributed by atoms with E-state index >= 15 is 0 Å². The molecule has 0 bridgehead atoms. The van der Waals surface area contributed by atoms with Crippen molar-refractivity contribution in [2.45, 2.75) is 30.1 Å². The Hall–Kier alpha value is -2.34. The van der Waals surface area contributed by atoms with Crippen LogP contribution >= 0.6 is 11.3 Å². The van der Waals surface area contributed by atoms with Gasteiger partial charge in [0.2, 0.25) is 0 Å². The van der Waals surface area contributed by atoms with E-state index in [1.807, 2.05) is 6.20 Å². The van der Waals surface area contributed by atoms with Gasteiger partial charge in [-0.3, -0.25) is 4.90 Å². The van der Waals surface area contributed by atoms with Gasteiger partial charge in [-0.1, -0.05) is 23.5 Å². The maximum Gasteiger partial charge on any atom is 0.254 e. The van der Waals surface area contributed by atoms with Crippen molar-refractivity contribution in [3.63, 3.8) is 0 Å². The monoisotopic (exact) mass is 464 g/mol. The highest BCUT2D eigenvalue weighted by Gasteiger charge is 2.32. The van der Waals surface area contributed by atoms with Crippen LogP contribution in [0.4, 0.5) is 9.52 Å². The molecule has 0 saturated carbocycles. The van der Waals surface area contributed by atoms with Crippen molar-refractivity contribution in [2.75, 3.05) is 31.9 Å². The largest absolute Gasteiger partial charge is 0.375 e. The smallest absolute Gasteiger partial charge is 0.254 e. The van der Waals surface area contributed by atoms with Crippen molar-refractivity contribution in [1.82, 2.24) is 23.7 Å². The lowest BCUT2D eigenvalue weighted by molar-refractivity contribution is 0.141. The number of nitrogen functional groups attached to an aromatic ring is 1. The molecule has 11 heteroatoms. The van der Waals surface area contributed by atoms with E-state index in [9.17, 15) is 12.8 Å². The Kier molecular flexibility index (Phi) is 6.11. The minimum Gasteiger partial charge on any atom is -0.375 e. The molecule has 166 valence electrons. The van der Waals surface area contributed by atoms with Gasteiger partial charge >= 0.3 is 0 Å². The van der Waals surface area contributed by atoms with Gasteiger partial charge in [-0.25, -0.2) is 22.8 Å². The van der Waals surface area contributed by atoms with Gasteiger partial charge in [0.05, 0.1) is 24.3 Å². The van der Waals surface area contributed by atoms with Crippen molar-refractivity contribution < 1.29 is 12.8 Å². The number of anilines is 1. The molecule has 0 radical (unpaired) electrons. The van der Waals surface area contributed by atoms with Crippen molar-refractivity contribution in [1.29, 1.82) is 0 Å².